The lowest BCUT2D eigenvalue weighted by molar-refractivity contribution is 0.0867. The van der Waals surface area contributed by atoms with Gasteiger partial charge in [0.05, 0.1) is 6.04 Å². The van der Waals surface area contributed by atoms with E-state index in [0.29, 0.717) is 18.9 Å². The maximum atomic E-state index is 12.5. The Morgan fingerprint density at radius 2 is 1.92 bits per heavy atom. The van der Waals surface area contributed by atoms with Gasteiger partial charge in [0.25, 0.3) is 6.43 Å². The van der Waals surface area contributed by atoms with Crippen LogP contribution in [0.25, 0.3) is 0 Å². The van der Waals surface area contributed by atoms with Gasteiger partial charge in [0.2, 0.25) is 0 Å². The average molecular weight is 191 g/mol. The number of hydrogen-bond acceptors (Lipinski definition) is 1. The van der Waals surface area contributed by atoms with Crippen molar-refractivity contribution >= 4 is 0 Å². The fourth-order valence-corrected chi connectivity index (χ4v) is 2.14. The molecule has 0 saturated heterocycles. The molecule has 1 fully saturated rings. The zero-order valence-electron chi connectivity index (χ0n) is 8.23. The zero-order valence-corrected chi connectivity index (χ0v) is 8.23. The lowest BCUT2D eigenvalue weighted by atomic mass is 9.98. The largest absolute Gasteiger partial charge is 0.309 e. The van der Waals surface area contributed by atoms with Gasteiger partial charge < -0.3 is 5.32 Å². The van der Waals surface area contributed by atoms with Gasteiger partial charge in [-0.05, 0) is 18.9 Å². The normalized spacial score (nSPS) is 21.2. The third kappa shape index (κ3) is 3.59. The monoisotopic (exact) mass is 191 g/mol. The minimum atomic E-state index is -2.21. The molecule has 1 N–H and O–H groups in total. The molecule has 1 unspecified atom stereocenters. The summed E-state index contributed by atoms with van der Waals surface area (Å²) in [4.78, 5) is 0. The molecule has 1 aliphatic rings. The highest BCUT2D eigenvalue weighted by Crippen LogP contribution is 2.29. The molecular weight excluding hydrogens is 172 g/mol. The summed E-state index contributed by atoms with van der Waals surface area (Å²) >= 11 is 0. The van der Waals surface area contributed by atoms with Gasteiger partial charge in [-0.15, -0.1) is 0 Å². The van der Waals surface area contributed by atoms with Crippen LogP contribution in [0.5, 0.6) is 0 Å². The van der Waals surface area contributed by atoms with Crippen LogP contribution in [0.1, 0.15) is 39.0 Å². The Balaban J connectivity index is 2.27. The first-order valence-corrected chi connectivity index (χ1v) is 5.25. The third-order valence-electron chi connectivity index (χ3n) is 2.83. The summed E-state index contributed by atoms with van der Waals surface area (Å²) in [6, 6.07) is -0.576. The van der Waals surface area contributed by atoms with Crippen LogP contribution in [0.3, 0.4) is 0 Å². The molecule has 13 heavy (non-hydrogen) atoms. The lowest BCUT2D eigenvalue weighted by Gasteiger charge is -2.20. The van der Waals surface area contributed by atoms with Gasteiger partial charge in [-0.2, -0.15) is 0 Å². The molecule has 0 aliphatic heterocycles. The first-order chi connectivity index (χ1) is 6.24. The average Bonchev–Trinajstić information content (AvgIpc) is 2.56. The van der Waals surface area contributed by atoms with E-state index in [0.717, 1.165) is 12.8 Å². The van der Waals surface area contributed by atoms with Gasteiger partial charge >= 0.3 is 0 Å². The van der Waals surface area contributed by atoms with Crippen LogP contribution in [0.4, 0.5) is 8.78 Å². The standard InChI is InChI=1S/C10H19F2N/c1-2-13-9(10(11)12)7-8-5-3-4-6-8/h8-10,13H,2-7H2,1H3. The summed E-state index contributed by atoms with van der Waals surface area (Å²) in [5, 5.41) is 2.86. The summed E-state index contributed by atoms with van der Waals surface area (Å²) in [5.74, 6) is 0.540. The molecule has 0 amide bonds. The van der Waals surface area contributed by atoms with E-state index in [1.165, 1.54) is 12.8 Å². The van der Waals surface area contributed by atoms with Crippen LogP contribution >= 0.6 is 0 Å². The van der Waals surface area contributed by atoms with Crippen LogP contribution in [-0.4, -0.2) is 19.0 Å². The summed E-state index contributed by atoms with van der Waals surface area (Å²) in [7, 11) is 0. The third-order valence-corrected chi connectivity index (χ3v) is 2.83. The van der Waals surface area contributed by atoms with E-state index in [-0.39, 0.29) is 0 Å². The number of nitrogens with one attached hydrogen (secondary N) is 1. The highest BCUT2D eigenvalue weighted by atomic mass is 19.3. The van der Waals surface area contributed by atoms with Gasteiger partial charge in [-0.3, -0.25) is 0 Å². The number of hydrogen-bond donors (Lipinski definition) is 1. The van der Waals surface area contributed by atoms with Gasteiger partial charge in [0.15, 0.2) is 0 Å². The van der Waals surface area contributed by atoms with Crippen molar-refractivity contribution in [3.63, 3.8) is 0 Å². The predicted molar refractivity (Wildman–Crippen MR) is 50.0 cm³/mol. The highest BCUT2D eigenvalue weighted by Gasteiger charge is 2.25. The van der Waals surface area contributed by atoms with Gasteiger partial charge in [0, 0.05) is 0 Å². The van der Waals surface area contributed by atoms with E-state index in [4.69, 9.17) is 0 Å². The Morgan fingerprint density at radius 3 is 2.38 bits per heavy atom. The SMILES string of the molecule is CCNC(CC1CCCC1)C(F)F. The highest BCUT2D eigenvalue weighted by molar-refractivity contribution is 4.76. The molecule has 0 spiro atoms. The summed E-state index contributed by atoms with van der Waals surface area (Å²) in [6.07, 6.45) is 3.20. The first-order valence-electron chi connectivity index (χ1n) is 5.25. The van der Waals surface area contributed by atoms with Gasteiger partial charge in [0.1, 0.15) is 0 Å². The zero-order chi connectivity index (χ0) is 9.68. The second-order valence-electron chi connectivity index (χ2n) is 3.88. The van der Waals surface area contributed by atoms with E-state index < -0.39 is 12.5 Å². The molecular formula is C10H19F2N. The van der Waals surface area contributed by atoms with Gasteiger partial charge in [-0.1, -0.05) is 32.6 Å². The topological polar surface area (TPSA) is 12.0 Å². The molecule has 0 aromatic heterocycles. The molecule has 1 nitrogen and oxygen atoms in total. The van der Waals surface area contributed by atoms with Crippen LogP contribution in [-0.2, 0) is 0 Å². The Hall–Kier alpha value is -0.180. The van der Waals surface area contributed by atoms with Crippen molar-refractivity contribution < 1.29 is 8.78 Å². The van der Waals surface area contributed by atoms with Crippen molar-refractivity contribution in [1.82, 2.24) is 5.32 Å². The van der Waals surface area contributed by atoms with Crippen molar-refractivity contribution in [3.05, 3.63) is 0 Å². The first kappa shape index (κ1) is 10.9. The summed E-state index contributed by atoms with van der Waals surface area (Å²) in [6.45, 7) is 2.52. The lowest BCUT2D eigenvalue weighted by Crippen LogP contribution is -2.36. The molecule has 0 heterocycles. The van der Waals surface area contributed by atoms with Crippen molar-refractivity contribution in [1.29, 1.82) is 0 Å². The molecule has 1 saturated carbocycles. The molecule has 1 aliphatic carbocycles. The molecule has 1 atom stereocenters. The van der Waals surface area contributed by atoms with E-state index in [1.54, 1.807) is 0 Å². The van der Waals surface area contributed by atoms with Crippen molar-refractivity contribution in [2.45, 2.75) is 51.5 Å². The van der Waals surface area contributed by atoms with E-state index >= 15 is 0 Å². The van der Waals surface area contributed by atoms with Crippen molar-refractivity contribution in [2.75, 3.05) is 6.54 Å². The van der Waals surface area contributed by atoms with E-state index in [9.17, 15) is 8.78 Å². The van der Waals surface area contributed by atoms with Crippen LogP contribution in [0, 0.1) is 5.92 Å². The fourth-order valence-electron chi connectivity index (χ4n) is 2.14. The van der Waals surface area contributed by atoms with Crippen LogP contribution in [0.15, 0.2) is 0 Å². The number of rotatable bonds is 5. The molecule has 0 aromatic rings. The quantitative estimate of drug-likeness (QED) is 0.704. The second kappa shape index (κ2) is 5.53. The molecule has 0 bridgehead atoms. The minimum Gasteiger partial charge on any atom is -0.309 e. The van der Waals surface area contributed by atoms with Crippen molar-refractivity contribution in [3.8, 4) is 0 Å². The Labute approximate surface area is 78.9 Å². The van der Waals surface area contributed by atoms with E-state index in [2.05, 4.69) is 5.32 Å². The Kier molecular flexibility index (Phi) is 4.64. The predicted octanol–water partition coefficient (Wildman–Crippen LogP) is 2.81. The smallest absolute Gasteiger partial charge is 0.253 e. The Bertz CT molecular complexity index is 133. The van der Waals surface area contributed by atoms with Crippen molar-refractivity contribution in [2.24, 2.45) is 5.92 Å². The number of halogens is 2. The number of alkyl halides is 2. The maximum absolute atomic E-state index is 12.5. The Morgan fingerprint density at radius 1 is 1.31 bits per heavy atom. The van der Waals surface area contributed by atoms with Crippen LogP contribution in [0.2, 0.25) is 0 Å². The van der Waals surface area contributed by atoms with Gasteiger partial charge in [-0.25, -0.2) is 8.78 Å². The maximum Gasteiger partial charge on any atom is 0.253 e. The van der Waals surface area contributed by atoms with Crippen LogP contribution < -0.4 is 5.32 Å². The summed E-state index contributed by atoms with van der Waals surface area (Å²) in [5.41, 5.74) is 0. The minimum absolute atomic E-state index is 0.540. The van der Waals surface area contributed by atoms with E-state index in [1.807, 2.05) is 6.92 Å². The molecule has 0 radical (unpaired) electrons. The fraction of sp³-hybridized carbons (Fsp3) is 1.00. The summed E-state index contributed by atoms with van der Waals surface area (Å²) < 4.78 is 25.0. The molecule has 0 aromatic carbocycles. The molecule has 3 heteroatoms. The second-order valence-corrected chi connectivity index (χ2v) is 3.88. The molecule has 1 rings (SSSR count). The molecule has 78 valence electrons.